The van der Waals surface area contributed by atoms with Gasteiger partial charge in [-0.3, -0.25) is 9.59 Å². The minimum Gasteiger partial charge on any atom is -0.341 e. The quantitative estimate of drug-likeness (QED) is 0.822. The van der Waals surface area contributed by atoms with E-state index in [4.69, 9.17) is 0 Å². The lowest BCUT2D eigenvalue weighted by atomic mass is 10.1. The van der Waals surface area contributed by atoms with Gasteiger partial charge in [-0.25, -0.2) is 0 Å². The van der Waals surface area contributed by atoms with E-state index in [0.29, 0.717) is 5.69 Å². The summed E-state index contributed by atoms with van der Waals surface area (Å²) in [5.41, 5.74) is 2.57. The van der Waals surface area contributed by atoms with Gasteiger partial charge >= 0.3 is 11.8 Å². The Labute approximate surface area is 138 Å². The third-order valence-corrected chi connectivity index (χ3v) is 3.88. The van der Waals surface area contributed by atoms with E-state index < -0.39 is 11.8 Å². The first kappa shape index (κ1) is 16.2. The van der Waals surface area contributed by atoms with Crippen molar-refractivity contribution >= 4 is 33.4 Å². The van der Waals surface area contributed by atoms with Crippen LogP contribution >= 0.6 is 15.9 Å². The van der Waals surface area contributed by atoms with Gasteiger partial charge in [0.05, 0.1) is 11.7 Å². The Morgan fingerprint density at radius 3 is 2.36 bits per heavy atom. The molecule has 0 spiro atoms. The number of aryl methyl sites for hydroxylation is 1. The summed E-state index contributed by atoms with van der Waals surface area (Å²) in [7, 11) is 0. The van der Waals surface area contributed by atoms with Crippen LogP contribution in [0.3, 0.4) is 0 Å². The van der Waals surface area contributed by atoms with Gasteiger partial charge in [0.2, 0.25) is 0 Å². The summed E-state index contributed by atoms with van der Waals surface area (Å²) in [5, 5.41) is 5.28. The Balaban J connectivity index is 1.99. The van der Waals surface area contributed by atoms with Crippen molar-refractivity contribution in [3.8, 4) is 0 Å². The minimum atomic E-state index is -0.688. The van der Waals surface area contributed by atoms with Gasteiger partial charge in [0, 0.05) is 4.47 Å². The van der Waals surface area contributed by atoms with E-state index in [0.717, 1.165) is 15.6 Å². The van der Waals surface area contributed by atoms with E-state index in [2.05, 4.69) is 26.6 Å². The van der Waals surface area contributed by atoms with Gasteiger partial charge in [-0.05, 0) is 53.0 Å². The second kappa shape index (κ2) is 7.22. The maximum atomic E-state index is 12.0. The SMILES string of the molecule is Cc1ccc(NC(=O)C(=O)NC(C)c2ccccc2)c(Br)c1. The number of benzene rings is 2. The van der Waals surface area contributed by atoms with Crippen LogP contribution in [-0.4, -0.2) is 11.8 Å². The largest absolute Gasteiger partial charge is 0.341 e. The zero-order valence-electron chi connectivity index (χ0n) is 12.4. The van der Waals surface area contributed by atoms with Crippen LogP contribution in [-0.2, 0) is 9.59 Å². The Hall–Kier alpha value is -2.14. The van der Waals surface area contributed by atoms with E-state index in [1.807, 2.05) is 56.3 Å². The Morgan fingerprint density at radius 2 is 1.73 bits per heavy atom. The lowest BCUT2D eigenvalue weighted by Gasteiger charge is -2.14. The van der Waals surface area contributed by atoms with Crippen LogP contribution in [0, 0.1) is 6.92 Å². The molecule has 2 N–H and O–H groups in total. The normalized spacial score (nSPS) is 11.6. The molecule has 0 aliphatic rings. The molecular weight excluding hydrogens is 344 g/mol. The van der Waals surface area contributed by atoms with Crippen LogP contribution in [0.1, 0.15) is 24.1 Å². The van der Waals surface area contributed by atoms with Gasteiger partial charge in [0.15, 0.2) is 0 Å². The summed E-state index contributed by atoms with van der Waals surface area (Å²) in [6, 6.07) is 14.7. The fourth-order valence-electron chi connectivity index (χ4n) is 1.99. The van der Waals surface area contributed by atoms with Crippen molar-refractivity contribution in [2.24, 2.45) is 0 Å². The number of nitrogens with one attached hydrogen (secondary N) is 2. The minimum absolute atomic E-state index is 0.235. The lowest BCUT2D eigenvalue weighted by molar-refractivity contribution is -0.136. The Bertz CT molecular complexity index is 686. The molecule has 22 heavy (non-hydrogen) atoms. The number of carbonyl (C=O) groups is 2. The molecule has 0 saturated carbocycles. The van der Waals surface area contributed by atoms with Crippen LogP contribution in [0.2, 0.25) is 0 Å². The van der Waals surface area contributed by atoms with Crippen LogP contribution in [0.5, 0.6) is 0 Å². The number of hydrogen-bond acceptors (Lipinski definition) is 2. The Morgan fingerprint density at radius 1 is 1.05 bits per heavy atom. The molecule has 114 valence electrons. The molecule has 2 aromatic carbocycles. The number of anilines is 1. The van der Waals surface area contributed by atoms with E-state index in [1.165, 1.54) is 0 Å². The topological polar surface area (TPSA) is 58.2 Å². The predicted molar refractivity (Wildman–Crippen MR) is 90.5 cm³/mol. The van der Waals surface area contributed by atoms with Gasteiger partial charge in [-0.2, -0.15) is 0 Å². The standard InChI is InChI=1S/C17H17BrN2O2/c1-11-8-9-15(14(18)10-11)20-17(22)16(21)19-12(2)13-6-4-3-5-7-13/h3-10,12H,1-2H3,(H,19,21)(H,20,22). The van der Waals surface area contributed by atoms with Crippen molar-refractivity contribution in [2.45, 2.75) is 19.9 Å². The highest BCUT2D eigenvalue weighted by molar-refractivity contribution is 9.10. The molecule has 0 bridgehead atoms. The van der Waals surface area contributed by atoms with Gasteiger partial charge < -0.3 is 10.6 Å². The van der Waals surface area contributed by atoms with E-state index >= 15 is 0 Å². The molecule has 0 fully saturated rings. The molecule has 0 heterocycles. The first-order chi connectivity index (χ1) is 10.5. The average molecular weight is 361 g/mol. The molecule has 0 radical (unpaired) electrons. The molecule has 2 aromatic rings. The van der Waals surface area contributed by atoms with Crippen molar-refractivity contribution in [1.29, 1.82) is 0 Å². The monoisotopic (exact) mass is 360 g/mol. The number of hydrogen-bond donors (Lipinski definition) is 2. The van der Waals surface area contributed by atoms with Gasteiger partial charge in [0.25, 0.3) is 0 Å². The maximum absolute atomic E-state index is 12.0. The van der Waals surface area contributed by atoms with Crippen LogP contribution < -0.4 is 10.6 Å². The molecule has 0 aliphatic carbocycles. The summed E-state index contributed by atoms with van der Waals surface area (Å²) in [6.45, 7) is 3.78. The molecule has 0 saturated heterocycles. The summed E-state index contributed by atoms with van der Waals surface area (Å²) < 4.78 is 0.741. The molecule has 5 heteroatoms. The first-order valence-corrected chi connectivity index (χ1v) is 7.69. The third kappa shape index (κ3) is 4.18. The van der Waals surface area contributed by atoms with E-state index in [9.17, 15) is 9.59 Å². The summed E-state index contributed by atoms with van der Waals surface area (Å²) in [4.78, 5) is 23.9. The summed E-state index contributed by atoms with van der Waals surface area (Å²) in [6.07, 6.45) is 0. The highest BCUT2D eigenvalue weighted by Gasteiger charge is 2.17. The fourth-order valence-corrected chi connectivity index (χ4v) is 2.58. The van der Waals surface area contributed by atoms with E-state index in [-0.39, 0.29) is 6.04 Å². The second-order valence-electron chi connectivity index (χ2n) is 5.04. The number of rotatable bonds is 3. The molecule has 1 unspecified atom stereocenters. The Kier molecular flexibility index (Phi) is 5.33. The van der Waals surface area contributed by atoms with Crippen molar-refractivity contribution < 1.29 is 9.59 Å². The zero-order valence-corrected chi connectivity index (χ0v) is 14.0. The van der Waals surface area contributed by atoms with Crippen LogP contribution in [0.4, 0.5) is 5.69 Å². The maximum Gasteiger partial charge on any atom is 0.313 e. The molecule has 4 nitrogen and oxygen atoms in total. The van der Waals surface area contributed by atoms with Gasteiger partial charge in [0.1, 0.15) is 0 Å². The average Bonchev–Trinajstić information content (AvgIpc) is 2.50. The van der Waals surface area contributed by atoms with Crippen LogP contribution in [0.15, 0.2) is 53.0 Å². The van der Waals surface area contributed by atoms with Crippen molar-refractivity contribution in [1.82, 2.24) is 5.32 Å². The smallest absolute Gasteiger partial charge is 0.313 e. The summed E-state index contributed by atoms with van der Waals surface area (Å²) in [5.74, 6) is -1.35. The highest BCUT2D eigenvalue weighted by atomic mass is 79.9. The molecule has 1 atom stereocenters. The lowest BCUT2D eigenvalue weighted by Crippen LogP contribution is -2.36. The zero-order chi connectivity index (χ0) is 16.1. The van der Waals surface area contributed by atoms with Crippen molar-refractivity contribution in [3.63, 3.8) is 0 Å². The summed E-state index contributed by atoms with van der Waals surface area (Å²) >= 11 is 3.37. The third-order valence-electron chi connectivity index (χ3n) is 3.23. The number of halogens is 1. The first-order valence-electron chi connectivity index (χ1n) is 6.90. The fraction of sp³-hybridized carbons (Fsp3) is 0.176. The number of amides is 2. The molecule has 2 rings (SSSR count). The van der Waals surface area contributed by atoms with Crippen molar-refractivity contribution in [3.05, 3.63) is 64.1 Å². The van der Waals surface area contributed by atoms with Crippen LogP contribution in [0.25, 0.3) is 0 Å². The van der Waals surface area contributed by atoms with E-state index in [1.54, 1.807) is 6.07 Å². The second-order valence-corrected chi connectivity index (χ2v) is 5.90. The number of carbonyl (C=O) groups excluding carboxylic acids is 2. The van der Waals surface area contributed by atoms with Gasteiger partial charge in [-0.15, -0.1) is 0 Å². The van der Waals surface area contributed by atoms with Gasteiger partial charge in [-0.1, -0.05) is 36.4 Å². The predicted octanol–water partition coefficient (Wildman–Crippen LogP) is 3.57. The molecule has 0 aliphatic heterocycles. The molecule has 0 aromatic heterocycles. The molecule has 2 amide bonds. The van der Waals surface area contributed by atoms with Crippen molar-refractivity contribution in [2.75, 3.05) is 5.32 Å². The molecular formula is C17H17BrN2O2. The highest BCUT2D eigenvalue weighted by Crippen LogP contribution is 2.23.